The van der Waals surface area contributed by atoms with E-state index in [1.807, 2.05) is 32.0 Å². The second-order valence-electron chi connectivity index (χ2n) is 10.8. The first kappa shape index (κ1) is 31.9. The van der Waals surface area contributed by atoms with Gasteiger partial charge in [-0.1, -0.05) is 49.6 Å². The molecule has 2 amide bonds. The Morgan fingerprint density at radius 3 is 2.19 bits per heavy atom. The number of hydrogen-bond donors (Lipinski definition) is 1. The molecule has 1 atom stereocenters. The molecule has 1 saturated carbocycles. The van der Waals surface area contributed by atoms with Crippen molar-refractivity contribution in [2.45, 2.75) is 69.5 Å². The molecule has 1 aliphatic rings. The number of methoxy groups -OCH3 is 2. The number of amides is 2. The summed E-state index contributed by atoms with van der Waals surface area (Å²) in [4.78, 5) is 29.4. The van der Waals surface area contributed by atoms with Gasteiger partial charge in [-0.2, -0.15) is 0 Å². The third-order valence-corrected chi connectivity index (χ3v) is 9.61. The van der Waals surface area contributed by atoms with Gasteiger partial charge in [-0.3, -0.25) is 13.9 Å². The molecule has 230 valence electrons. The van der Waals surface area contributed by atoms with Crippen LogP contribution in [-0.2, 0) is 26.2 Å². The van der Waals surface area contributed by atoms with E-state index in [1.165, 1.54) is 24.1 Å². The molecule has 1 aliphatic carbocycles. The monoisotopic (exact) mass is 607 g/mol. The van der Waals surface area contributed by atoms with E-state index in [4.69, 9.17) is 9.47 Å². The molecule has 3 aromatic rings. The van der Waals surface area contributed by atoms with E-state index < -0.39 is 28.5 Å². The number of benzene rings is 3. The fourth-order valence-electron chi connectivity index (χ4n) is 5.37. The molecule has 1 N–H and O–H groups in total. The van der Waals surface area contributed by atoms with Crippen molar-refractivity contribution < 1.29 is 27.5 Å². The predicted octanol–water partition coefficient (Wildman–Crippen LogP) is 5.07. The third-order valence-electron chi connectivity index (χ3n) is 7.82. The van der Waals surface area contributed by atoms with Gasteiger partial charge in [0.2, 0.25) is 11.8 Å². The van der Waals surface area contributed by atoms with Crippen LogP contribution in [-0.4, -0.2) is 58.0 Å². The maximum absolute atomic E-state index is 14.3. The van der Waals surface area contributed by atoms with Crippen molar-refractivity contribution in [3.8, 4) is 11.5 Å². The van der Waals surface area contributed by atoms with Gasteiger partial charge in [0.05, 0.1) is 24.8 Å². The number of ether oxygens (including phenoxy) is 2. The van der Waals surface area contributed by atoms with Gasteiger partial charge in [0.25, 0.3) is 10.0 Å². The molecule has 1 fully saturated rings. The van der Waals surface area contributed by atoms with Crippen LogP contribution in [0.15, 0.2) is 77.7 Å². The second-order valence-corrected chi connectivity index (χ2v) is 12.7. The summed E-state index contributed by atoms with van der Waals surface area (Å²) in [6.07, 6.45) is 4.30. The van der Waals surface area contributed by atoms with Crippen LogP contribution < -0.4 is 19.1 Å². The number of carbonyl (C=O) groups excluding carboxylic acids is 2. The molecule has 0 radical (unpaired) electrons. The molecular formula is C33H41N3O6S. The topological polar surface area (TPSA) is 105 Å². The lowest BCUT2D eigenvalue weighted by molar-refractivity contribution is -0.140. The minimum absolute atomic E-state index is 0.0204. The zero-order chi connectivity index (χ0) is 31.0. The molecule has 0 spiro atoms. The highest BCUT2D eigenvalue weighted by atomic mass is 32.2. The Hall–Kier alpha value is -4.05. The van der Waals surface area contributed by atoms with Crippen molar-refractivity contribution in [1.82, 2.24) is 10.2 Å². The largest absolute Gasteiger partial charge is 0.497 e. The number of carbonyl (C=O) groups is 2. The molecule has 0 aromatic heterocycles. The Labute approximate surface area is 254 Å². The van der Waals surface area contributed by atoms with Gasteiger partial charge >= 0.3 is 0 Å². The smallest absolute Gasteiger partial charge is 0.264 e. The van der Waals surface area contributed by atoms with Crippen molar-refractivity contribution in [2.24, 2.45) is 0 Å². The SMILES string of the molecule is CC[C@H](C(=O)NC1CCCC1)N(Cc1cccc(OC)c1)C(=O)CN(c1ccc(C)cc1)S(=O)(=O)c1ccc(OC)cc1. The highest BCUT2D eigenvalue weighted by Gasteiger charge is 2.34. The fraction of sp³-hybridized carbons (Fsp3) is 0.394. The van der Waals surface area contributed by atoms with Crippen molar-refractivity contribution in [3.63, 3.8) is 0 Å². The molecule has 10 heteroatoms. The first-order chi connectivity index (χ1) is 20.7. The molecular weight excluding hydrogens is 566 g/mol. The summed E-state index contributed by atoms with van der Waals surface area (Å²) in [5.41, 5.74) is 2.06. The molecule has 0 heterocycles. The van der Waals surface area contributed by atoms with Crippen molar-refractivity contribution in [2.75, 3.05) is 25.1 Å². The van der Waals surface area contributed by atoms with Gasteiger partial charge in [-0.05, 0) is 80.3 Å². The van der Waals surface area contributed by atoms with Gasteiger partial charge in [0, 0.05) is 12.6 Å². The van der Waals surface area contributed by atoms with Crippen LogP contribution >= 0.6 is 0 Å². The maximum atomic E-state index is 14.3. The highest BCUT2D eigenvalue weighted by Crippen LogP contribution is 2.27. The number of sulfonamides is 1. The molecule has 0 saturated heterocycles. The Morgan fingerprint density at radius 1 is 0.930 bits per heavy atom. The van der Waals surface area contributed by atoms with Gasteiger partial charge < -0.3 is 19.7 Å². The van der Waals surface area contributed by atoms with Crippen molar-refractivity contribution in [1.29, 1.82) is 0 Å². The highest BCUT2D eigenvalue weighted by molar-refractivity contribution is 7.92. The van der Waals surface area contributed by atoms with Crippen LogP contribution in [0.5, 0.6) is 11.5 Å². The number of hydrogen-bond acceptors (Lipinski definition) is 6. The maximum Gasteiger partial charge on any atom is 0.264 e. The summed E-state index contributed by atoms with van der Waals surface area (Å²) in [7, 11) is -1.10. The summed E-state index contributed by atoms with van der Waals surface area (Å²) in [6, 6.07) is 19.6. The second kappa shape index (κ2) is 14.4. The van der Waals surface area contributed by atoms with Crippen molar-refractivity contribution in [3.05, 3.63) is 83.9 Å². The lowest BCUT2D eigenvalue weighted by Gasteiger charge is -2.34. The van der Waals surface area contributed by atoms with E-state index in [9.17, 15) is 18.0 Å². The Balaban J connectivity index is 1.71. The summed E-state index contributed by atoms with van der Waals surface area (Å²) >= 11 is 0. The Kier molecular flexibility index (Phi) is 10.7. The summed E-state index contributed by atoms with van der Waals surface area (Å²) in [5, 5.41) is 3.13. The standard InChI is InChI=1S/C33H41N3O6S/c1-5-31(33(38)34-26-10-6-7-11-26)35(22-25-9-8-12-29(21-25)42-4)32(37)23-36(27-15-13-24(2)14-16-27)43(39,40)30-19-17-28(41-3)18-20-30/h8-9,12-21,26,31H,5-7,10-11,22-23H2,1-4H3,(H,34,38)/t31-/m1/s1. The van der Waals surface area contributed by atoms with Gasteiger partial charge in [-0.15, -0.1) is 0 Å². The van der Waals surface area contributed by atoms with Crippen LogP contribution in [0.25, 0.3) is 0 Å². The van der Waals surface area contributed by atoms with E-state index in [1.54, 1.807) is 49.6 Å². The van der Waals surface area contributed by atoms with Crippen LogP contribution in [0, 0.1) is 6.92 Å². The molecule has 9 nitrogen and oxygen atoms in total. The zero-order valence-corrected chi connectivity index (χ0v) is 26.1. The zero-order valence-electron chi connectivity index (χ0n) is 25.3. The van der Waals surface area contributed by atoms with Gasteiger partial charge in [0.1, 0.15) is 24.1 Å². The third kappa shape index (κ3) is 7.87. The molecule has 4 rings (SSSR count). The lowest BCUT2D eigenvalue weighted by Crippen LogP contribution is -2.53. The average molecular weight is 608 g/mol. The number of nitrogens with zero attached hydrogens (tertiary/aromatic N) is 2. The Bertz CT molecular complexity index is 1490. The molecule has 0 unspecified atom stereocenters. The van der Waals surface area contributed by atoms with E-state index >= 15 is 0 Å². The number of anilines is 1. The fourth-order valence-corrected chi connectivity index (χ4v) is 6.78. The van der Waals surface area contributed by atoms with Crippen molar-refractivity contribution >= 4 is 27.5 Å². The first-order valence-corrected chi connectivity index (χ1v) is 16.1. The van der Waals surface area contributed by atoms with Crippen LogP contribution in [0.1, 0.15) is 50.2 Å². The van der Waals surface area contributed by atoms with E-state index in [2.05, 4.69) is 5.32 Å². The molecule has 3 aromatic carbocycles. The summed E-state index contributed by atoms with van der Waals surface area (Å²) in [5.74, 6) is 0.414. The molecule has 0 aliphatic heterocycles. The van der Waals surface area contributed by atoms with E-state index in [0.717, 1.165) is 41.1 Å². The van der Waals surface area contributed by atoms with Gasteiger partial charge in [-0.25, -0.2) is 8.42 Å². The van der Waals surface area contributed by atoms with Crippen LogP contribution in [0.4, 0.5) is 5.69 Å². The minimum Gasteiger partial charge on any atom is -0.497 e. The molecule has 43 heavy (non-hydrogen) atoms. The van der Waals surface area contributed by atoms with Crippen LogP contribution in [0.3, 0.4) is 0 Å². The van der Waals surface area contributed by atoms with Gasteiger partial charge in [0.15, 0.2) is 0 Å². The van der Waals surface area contributed by atoms with E-state index in [0.29, 0.717) is 23.6 Å². The number of nitrogens with one attached hydrogen (secondary N) is 1. The molecule has 0 bridgehead atoms. The number of rotatable bonds is 13. The summed E-state index contributed by atoms with van der Waals surface area (Å²) < 4.78 is 39.8. The van der Waals surface area contributed by atoms with Crippen LogP contribution in [0.2, 0.25) is 0 Å². The predicted molar refractivity (Wildman–Crippen MR) is 167 cm³/mol. The minimum atomic E-state index is -4.17. The van der Waals surface area contributed by atoms with E-state index in [-0.39, 0.29) is 23.4 Å². The summed E-state index contributed by atoms with van der Waals surface area (Å²) in [6.45, 7) is 3.38. The first-order valence-electron chi connectivity index (χ1n) is 14.6. The lowest BCUT2D eigenvalue weighted by atomic mass is 10.1. The number of aryl methyl sites for hydroxylation is 1. The quantitative estimate of drug-likeness (QED) is 0.291. The normalized spacial score (nSPS) is 14.1. The Morgan fingerprint density at radius 2 is 1.58 bits per heavy atom. The average Bonchev–Trinajstić information content (AvgIpc) is 3.53.